The van der Waals surface area contributed by atoms with E-state index in [4.69, 9.17) is 6.42 Å². The zero-order valence-corrected chi connectivity index (χ0v) is 10.6. The van der Waals surface area contributed by atoms with Gasteiger partial charge in [0, 0.05) is 24.7 Å². The van der Waals surface area contributed by atoms with E-state index in [1.165, 1.54) is 32.1 Å². The van der Waals surface area contributed by atoms with Gasteiger partial charge in [0.1, 0.15) is 0 Å². The maximum atomic E-state index is 5.57. The molecule has 1 spiro atoms. The van der Waals surface area contributed by atoms with Crippen LogP contribution in [0.15, 0.2) is 0 Å². The molecule has 0 aromatic carbocycles. The Morgan fingerprint density at radius 3 is 2.69 bits per heavy atom. The normalized spacial score (nSPS) is 32.2. The van der Waals surface area contributed by atoms with Gasteiger partial charge in [0.15, 0.2) is 0 Å². The fraction of sp³-hybridized carbons (Fsp3) is 0.857. The van der Waals surface area contributed by atoms with Crippen molar-refractivity contribution in [2.75, 3.05) is 13.1 Å². The minimum atomic E-state index is 0.274. The monoisotopic (exact) mass is 220 g/mol. The van der Waals surface area contributed by atoms with Crippen LogP contribution < -0.4 is 5.32 Å². The lowest BCUT2D eigenvalue weighted by atomic mass is 9.79. The van der Waals surface area contributed by atoms with E-state index in [0.717, 1.165) is 13.1 Å². The van der Waals surface area contributed by atoms with Gasteiger partial charge in [-0.05, 0) is 26.7 Å². The smallest absolute Gasteiger partial charge is 0.0686 e. The third-order valence-electron chi connectivity index (χ3n) is 4.37. The average Bonchev–Trinajstić information content (AvgIpc) is 2.33. The second kappa shape index (κ2) is 4.77. The largest absolute Gasteiger partial charge is 0.308 e. The number of hydrogen-bond acceptors (Lipinski definition) is 2. The Labute approximate surface area is 99.8 Å². The molecule has 2 nitrogen and oxygen atoms in total. The van der Waals surface area contributed by atoms with E-state index in [-0.39, 0.29) is 6.04 Å². The summed E-state index contributed by atoms with van der Waals surface area (Å²) in [6, 6.07) is 0.842. The molecule has 0 aromatic heterocycles. The van der Waals surface area contributed by atoms with E-state index in [1.807, 2.05) is 0 Å². The summed E-state index contributed by atoms with van der Waals surface area (Å²) in [4.78, 5) is 2.50. The summed E-state index contributed by atoms with van der Waals surface area (Å²) in [6.07, 6.45) is 12.4. The van der Waals surface area contributed by atoms with Gasteiger partial charge in [-0.15, -0.1) is 6.42 Å². The van der Waals surface area contributed by atoms with Crippen molar-refractivity contribution in [2.45, 2.75) is 63.6 Å². The SMILES string of the molecule is C#CC(C)N1CC2(CCCCC2)NCC1C. The zero-order chi connectivity index (χ0) is 11.6. The van der Waals surface area contributed by atoms with Crippen molar-refractivity contribution in [1.82, 2.24) is 10.2 Å². The molecular formula is C14H24N2. The predicted octanol–water partition coefficient (Wildman–Crippen LogP) is 2.00. The minimum absolute atomic E-state index is 0.274. The first-order valence-corrected chi connectivity index (χ1v) is 6.64. The zero-order valence-electron chi connectivity index (χ0n) is 10.6. The fourth-order valence-electron chi connectivity index (χ4n) is 3.22. The molecule has 0 amide bonds. The lowest BCUT2D eigenvalue weighted by Crippen LogP contribution is -2.65. The number of nitrogens with zero attached hydrogens (tertiary/aromatic N) is 1. The Morgan fingerprint density at radius 2 is 2.06 bits per heavy atom. The summed E-state index contributed by atoms with van der Waals surface area (Å²) in [5.41, 5.74) is 0.371. The molecule has 16 heavy (non-hydrogen) atoms. The molecular weight excluding hydrogens is 196 g/mol. The number of hydrogen-bond donors (Lipinski definition) is 1. The molecule has 0 aromatic rings. The molecule has 1 N–H and O–H groups in total. The van der Waals surface area contributed by atoms with Gasteiger partial charge in [0.25, 0.3) is 0 Å². The summed E-state index contributed by atoms with van der Waals surface area (Å²) in [5, 5.41) is 3.78. The van der Waals surface area contributed by atoms with Crippen molar-refractivity contribution in [3.63, 3.8) is 0 Å². The van der Waals surface area contributed by atoms with Gasteiger partial charge < -0.3 is 5.32 Å². The highest BCUT2D eigenvalue weighted by Crippen LogP contribution is 2.32. The van der Waals surface area contributed by atoms with Crippen molar-refractivity contribution in [1.29, 1.82) is 0 Å². The highest BCUT2D eigenvalue weighted by Gasteiger charge is 2.39. The molecule has 1 saturated carbocycles. The van der Waals surface area contributed by atoms with Gasteiger partial charge in [-0.2, -0.15) is 0 Å². The maximum absolute atomic E-state index is 5.57. The fourth-order valence-corrected chi connectivity index (χ4v) is 3.22. The summed E-state index contributed by atoms with van der Waals surface area (Å²) in [6.45, 7) is 6.65. The van der Waals surface area contributed by atoms with Crippen LogP contribution in [0.3, 0.4) is 0 Å². The Morgan fingerprint density at radius 1 is 1.38 bits per heavy atom. The van der Waals surface area contributed by atoms with Crippen molar-refractivity contribution in [3.8, 4) is 12.3 Å². The first kappa shape index (κ1) is 12.0. The van der Waals surface area contributed by atoms with E-state index in [0.29, 0.717) is 11.6 Å². The lowest BCUT2D eigenvalue weighted by molar-refractivity contribution is 0.0511. The standard InChI is InChI=1S/C14H24N2/c1-4-12(2)16-11-14(15-10-13(16)3)8-6-5-7-9-14/h1,12-13,15H,5-11H2,2-3H3. The second-order valence-corrected chi connectivity index (χ2v) is 5.59. The number of terminal acetylenes is 1. The second-order valence-electron chi connectivity index (χ2n) is 5.59. The van der Waals surface area contributed by atoms with Crippen LogP contribution in [0.5, 0.6) is 0 Å². The van der Waals surface area contributed by atoms with Crippen molar-refractivity contribution < 1.29 is 0 Å². The molecule has 1 heterocycles. The maximum Gasteiger partial charge on any atom is 0.0686 e. The highest BCUT2D eigenvalue weighted by atomic mass is 15.3. The lowest BCUT2D eigenvalue weighted by Gasteiger charge is -2.50. The van der Waals surface area contributed by atoms with Gasteiger partial charge in [-0.1, -0.05) is 25.2 Å². The predicted molar refractivity (Wildman–Crippen MR) is 68.3 cm³/mol. The molecule has 1 aliphatic heterocycles. The Balaban J connectivity index is 2.06. The molecule has 1 aliphatic carbocycles. The summed E-state index contributed by atoms with van der Waals surface area (Å²) >= 11 is 0. The molecule has 2 fully saturated rings. The van der Waals surface area contributed by atoms with E-state index in [1.54, 1.807) is 0 Å². The summed E-state index contributed by atoms with van der Waals surface area (Å²) in [5.74, 6) is 2.89. The van der Waals surface area contributed by atoms with Crippen LogP contribution in [0.2, 0.25) is 0 Å². The van der Waals surface area contributed by atoms with Crippen LogP contribution in [0.1, 0.15) is 46.0 Å². The van der Waals surface area contributed by atoms with Gasteiger partial charge in [0.2, 0.25) is 0 Å². The molecule has 2 aliphatic rings. The topological polar surface area (TPSA) is 15.3 Å². The third kappa shape index (κ3) is 2.26. The van der Waals surface area contributed by atoms with Crippen LogP contribution in [-0.4, -0.2) is 35.6 Å². The molecule has 2 atom stereocenters. The molecule has 2 heteroatoms. The van der Waals surface area contributed by atoms with Crippen LogP contribution >= 0.6 is 0 Å². The number of nitrogens with one attached hydrogen (secondary N) is 1. The van der Waals surface area contributed by atoms with Crippen LogP contribution in [0.25, 0.3) is 0 Å². The van der Waals surface area contributed by atoms with E-state index >= 15 is 0 Å². The molecule has 2 rings (SSSR count). The van der Waals surface area contributed by atoms with Crippen LogP contribution in [0, 0.1) is 12.3 Å². The van der Waals surface area contributed by atoms with Crippen LogP contribution in [0.4, 0.5) is 0 Å². The third-order valence-corrected chi connectivity index (χ3v) is 4.37. The molecule has 2 unspecified atom stereocenters. The van der Waals surface area contributed by atoms with Crippen LogP contribution in [-0.2, 0) is 0 Å². The first-order chi connectivity index (χ1) is 7.67. The average molecular weight is 220 g/mol. The Bertz CT molecular complexity index is 273. The summed E-state index contributed by atoms with van der Waals surface area (Å²) in [7, 11) is 0. The molecule has 90 valence electrons. The first-order valence-electron chi connectivity index (χ1n) is 6.64. The molecule has 0 bridgehead atoms. The molecule has 0 radical (unpaired) electrons. The molecule has 1 saturated heterocycles. The van der Waals surface area contributed by atoms with Crippen molar-refractivity contribution >= 4 is 0 Å². The van der Waals surface area contributed by atoms with Gasteiger partial charge in [-0.3, -0.25) is 4.90 Å². The van der Waals surface area contributed by atoms with Gasteiger partial charge in [0.05, 0.1) is 6.04 Å². The van der Waals surface area contributed by atoms with E-state index < -0.39 is 0 Å². The van der Waals surface area contributed by atoms with E-state index in [9.17, 15) is 0 Å². The minimum Gasteiger partial charge on any atom is -0.308 e. The van der Waals surface area contributed by atoms with Crippen molar-refractivity contribution in [2.24, 2.45) is 0 Å². The Kier molecular flexibility index (Phi) is 3.56. The van der Waals surface area contributed by atoms with Gasteiger partial charge in [-0.25, -0.2) is 0 Å². The van der Waals surface area contributed by atoms with E-state index in [2.05, 4.69) is 30.0 Å². The number of piperazine rings is 1. The summed E-state index contributed by atoms with van der Waals surface area (Å²) < 4.78 is 0. The highest BCUT2D eigenvalue weighted by molar-refractivity contribution is 5.05. The number of rotatable bonds is 1. The quantitative estimate of drug-likeness (QED) is 0.680. The Hall–Kier alpha value is -0.520. The van der Waals surface area contributed by atoms with Gasteiger partial charge >= 0.3 is 0 Å². The van der Waals surface area contributed by atoms with Crippen molar-refractivity contribution in [3.05, 3.63) is 0 Å².